The molecule has 7 nitrogen and oxygen atoms in total. The molecule has 0 aromatic carbocycles. The van der Waals surface area contributed by atoms with Gasteiger partial charge in [0.1, 0.15) is 12.1 Å². The third kappa shape index (κ3) is 35.0. The molecule has 0 rings (SSSR count). The van der Waals surface area contributed by atoms with Gasteiger partial charge in [-0.15, -0.1) is 0 Å². The minimum atomic E-state index is -1.02. The molecule has 0 heterocycles. The van der Waals surface area contributed by atoms with Gasteiger partial charge in [-0.1, -0.05) is 132 Å². The zero-order valence-corrected chi connectivity index (χ0v) is 32.4. The van der Waals surface area contributed by atoms with Crippen LogP contribution in [0.3, 0.4) is 0 Å². The molecule has 290 valence electrons. The molecule has 4 N–H and O–H groups in total. The average molecular weight is 711 g/mol. The Morgan fingerprint density at radius 2 is 1.14 bits per heavy atom. The zero-order valence-electron chi connectivity index (χ0n) is 32.4. The number of esters is 1. The number of amides is 1. The first-order valence-corrected chi connectivity index (χ1v) is 20.3. The number of carboxylic acids is 1. The molecule has 51 heavy (non-hydrogen) atoms. The van der Waals surface area contributed by atoms with E-state index in [0.29, 0.717) is 38.6 Å². The van der Waals surface area contributed by atoms with E-state index in [1.54, 1.807) is 0 Å². The third-order valence-electron chi connectivity index (χ3n) is 8.49. The van der Waals surface area contributed by atoms with Crippen molar-refractivity contribution in [1.82, 2.24) is 5.32 Å². The Bertz CT molecular complexity index is 1030. The van der Waals surface area contributed by atoms with Crippen molar-refractivity contribution in [2.24, 2.45) is 5.73 Å². The summed E-state index contributed by atoms with van der Waals surface area (Å²) in [6.07, 6.45) is 48.2. The Morgan fingerprint density at radius 3 is 1.75 bits per heavy atom. The first-order valence-electron chi connectivity index (χ1n) is 20.3. The molecule has 0 aliphatic rings. The number of allylic oxidation sites excluding steroid dienone is 11. The molecule has 0 bridgehead atoms. The summed E-state index contributed by atoms with van der Waals surface area (Å²) in [5.41, 5.74) is 5.47. The topological polar surface area (TPSA) is 119 Å². The second kappa shape index (κ2) is 38.1. The summed E-state index contributed by atoms with van der Waals surface area (Å²) in [6, 6.07) is -0.878. The van der Waals surface area contributed by atoms with Crippen molar-refractivity contribution in [2.75, 3.05) is 6.54 Å². The number of carbonyl (C=O) groups excluding carboxylic acids is 2. The van der Waals surface area contributed by atoms with Gasteiger partial charge in [-0.05, 0) is 103 Å². The quantitative estimate of drug-likeness (QED) is 0.0342. The fourth-order valence-corrected chi connectivity index (χ4v) is 5.43. The van der Waals surface area contributed by atoms with Crippen LogP contribution in [-0.2, 0) is 19.1 Å². The van der Waals surface area contributed by atoms with E-state index in [0.717, 1.165) is 89.9 Å². The highest BCUT2D eigenvalue weighted by atomic mass is 16.5. The first-order chi connectivity index (χ1) is 24.9. The van der Waals surface area contributed by atoms with E-state index in [1.165, 1.54) is 32.1 Å². The number of rotatable bonds is 35. The van der Waals surface area contributed by atoms with Crippen molar-refractivity contribution in [3.8, 4) is 0 Å². The summed E-state index contributed by atoms with van der Waals surface area (Å²) in [6.45, 7) is 4.74. The largest absolute Gasteiger partial charge is 0.480 e. The predicted molar refractivity (Wildman–Crippen MR) is 215 cm³/mol. The maximum absolute atomic E-state index is 12.7. The Balaban J connectivity index is 4.27. The van der Waals surface area contributed by atoms with Gasteiger partial charge in [0.2, 0.25) is 5.91 Å². The number of unbranched alkanes of at least 4 members (excludes halogenated alkanes) is 11. The van der Waals surface area contributed by atoms with Gasteiger partial charge in [-0.2, -0.15) is 0 Å². The highest BCUT2D eigenvalue weighted by Gasteiger charge is 2.19. The number of ether oxygens (including phenoxy) is 1. The van der Waals surface area contributed by atoms with Gasteiger partial charge >= 0.3 is 11.9 Å². The smallest absolute Gasteiger partial charge is 0.326 e. The van der Waals surface area contributed by atoms with Crippen molar-refractivity contribution in [3.63, 3.8) is 0 Å². The molecule has 0 radical (unpaired) electrons. The second-order valence-electron chi connectivity index (χ2n) is 13.3. The molecule has 0 fully saturated rings. The highest BCUT2D eigenvalue weighted by molar-refractivity contribution is 5.83. The van der Waals surface area contributed by atoms with E-state index >= 15 is 0 Å². The second-order valence-corrected chi connectivity index (χ2v) is 13.3. The summed E-state index contributed by atoms with van der Waals surface area (Å²) < 4.78 is 5.88. The van der Waals surface area contributed by atoms with Gasteiger partial charge < -0.3 is 20.9 Å². The molecule has 0 aliphatic heterocycles. The molecule has 0 spiro atoms. The van der Waals surface area contributed by atoms with Crippen molar-refractivity contribution in [3.05, 3.63) is 72.9 Å². The monoisotopic (exact) mass is 711 g/mol. The van der Waals surface area contributed by atoms with Crippen LogP contribution >= 0.6 is 0 Å². The van der Waals surface area contributed by atoms with E-state index in [-0.39, 0.29) is 18.0 Å². The lowest BCUT2D eigenvalue weighted by Crippen LogP contribution is -2.40. The molecule has 0 aromatic rings. The fraction of sp³-hybridized carbons (Fsp3) is 0.659. The summed E-state index contributed by atoms with van der Waals surface area (Å²) in [5.74, 6) is -1.38. The molecule has 2 atom stereocenters. The number of nitrogens with two attached hydrogens (primary N) is 1. The van der Waals surface area contributed by atoms with E-state index in [9.17, 15) is 19.5 Å². The number of aliphatic carboxylic acids is 1. The highest BCUT2D eigenvalue weighted by Crippen LogP contribution is 2.15. The van der Waals surface area contributed by atoms with Crippen LogP contribution in [0.15, 0.2) is 72.9 Å². The van der Waals surface area contributed by atoms with Crippen LogP contribution in [0.4, 0.5) is 0 Å². The fourth-order valence-electron chi connectivity index (χ4n) is 5.43. The molecular weight excluding hydrogens is 636 g/mol. The van der Waals surface area contributed by atoms with Gasteiger partial charge in [-0.25, -0.2) is 4.79 Å². The molecule has 7 heteroatoms. The number of carboxylic acid groups (broad SMARTS) is 1. The van der Waals surface area contributed by atoms with E-state index in [2.05, 4.69) is 86.0 Å². The molecule has 0 saturated carbocycles. The SMILES string of the molecule is CC/C=C\C/C=C\C/C=C\C/C=C\CCCCCCCCC(=O)OC(/C=C\C/C=C\CCCC)CCCCCCC(=O)NC(CCCN)C(=O)O. The minimum absolute atomic E-state index is 0.123. The molecule has 0 saturated heterocycles. The summed E-state index contributed by atoms with van der Waals surface area (Å²) in [5, 5.41) is 11.9. The number of hydrogen-bond acceptors (Lipinski definition) is 5. The lowest BCUT2D eigenvalue weighted by molar-refractivity contribution is -0.147. The van der Waals surface area contributed by atoms with Gasteiger partial charge in [0.25, 0.3) is 0 Å². The Morgan fingerprint density at radius 1 is 0.608 bits per heavy atom. The maximum Gasteiger partial charge on any atom is 0.326 e. The van der Waals surface area contributed by atoms with Crippen LogP contribution in [0.1, 0.15) is 168 Å². The average Bonchev–Trinajstić information content (AvgIpc) is 3.11. The number of hydrogen-bond donors (Lipinski definition) is 3. The van der Waals surface area contributed by atoms with Crippen molar-refractivity contribution in [2.45, 2.75) is 180 Å². The van der Waals surface area contributed by atoms with Crippen molar-refractivity contribution < 1.29 is 24.2 Å². The summed E-state index contributed by atoms with van der Waals surface area (Å²) in [4.78, 5) is 36.2. The lowest BCUT2D eigenvalue weighted by Gasteiger charge is -2.15. The normalized spacial score (nSPS) is 13.5. The summed E-state index contributed by atoms with van der Waals surface area (Å²) >= 11 is 0. The molecule has 2 unspecified atom stereocenters. The minimum Gasteiger partial charge on any atom is -0.480 e. The van der Waals surface area contributed by atoms with Gasteiger partial charge in [-0.3, -0.25) is 9.59 Å². The third-order valence-corrected chi connectivity index (χ3v) is 8.49. The Hall–Kier alpha value is -3.19. The van der Waals surface area contributed by atoms with E-state index in [1.807, 2.05) is 6.08 Å². The van der Waals surface area contributed by atoms with Crippen molar-refractivity contribution >= 4 is 17.8 Å². The number of nitrogens with one attached hydrogen (secondary N) is 1. The summed E-state index contributed by atoms with van der Waals surface area (Å²) in [7, 11) is 0. The van der Waals surface area contributed by atoms with Gasteiger partial charge in [0, 0.05) is 12.8 Å². The van der Waals surface area contributed by atoms with Crippen LogP contribution in [0, 0.1) is 0 Å². The molecular formula is C44H74N2O5. The lowest BCUT2D eigenvalue weighted by atomic mass is 10.1. The maximum atomic E-state index is 12.7. The van der Waals surface area contributed by atoms with Crippen LogP contribution in [0.5, 0.6) is 0 Å². The Labute approximate surface area is 312 Å². The van der Waals surface area contributed by atoms with Crippen LogP contribution in [-0.4, -0.2) is 41.6 Å². The van der Waals surface area contributed by atoms with Crippen LogP contribution < -0.4 is 11.1 Å². The van der Waals surface area contributed by atoms with Gasteiger partial charge in [0.05, 0.1) is 0 Å². The van der Waals surface area contributed by atoms with E-state index < -0.39 is 12.0 Å². The number of carbonyl (C=O) groups is 3. The molecule has 0 aromatic heterocycles. The predicted octanol–water partition coefficient (Wildman–Crippen LogP) is 11.2. The Kier molecular flexibility index (Phi) is 35.7. The first kappa shape index (κ1) is 47.8. The van der Waals surface area contributed by atoms with Gasteiger partial charge in [0.15, 0.2) is 0 Å². The van der Waals surface area contributed by atoms with Crippen molar-refractivity contribution in [1.29, 1.82) is 0 Å². The van der Waals surface area contributed by atoms with Crippen LogP contribution in [0.25, 0.3) is 0 Å². The standard InChI is InChI=1S/C44H74N2O5/c1-3-5-7-9-11-12-13-14-15-16-17-18-19-20-21-22-24-26-32-38-43(48)51-40(34-29-25-23-10-8-6-4-2)35-30-27-28-31-37-42(47)46-41(44(49)50)36-33-39-45/h5,7,10-12,14-15,17-18,23,29,34,40-41H,3-4,6,8-9,13,16,19-22,24-28,30-33,35-39,45H2,1-2H3,(H,46,47)(H,49,50)/b7-5-,12-11-,15-14-,18-17-,23-10-,34-29-. The van der Waals surface area contributed by atoms with Crippen LogP contribution in [0.2, 0.25) is 0 Å². The van der Waals surface area contributed by atoms with E-state index in [4.69, 9.17) is 10.5 Å². The zero-order chi connectivity index (χ0) is 37.5. The molecule has 1 amide bonds. The molecule has 0 aliphatic carbocycles.